The van der Waals surface area contributed by atoms with E-state index in [0.29, 0.717) is 31.2 Å². The number of amides is 9. The quantitative estimate of drug-likeness (QED) is 0.0565. The van der Waals surface area contributed by atoms with E-state index in [1.165, 1.54) is 26.5 Å². The Bertz CT molecular complexity index is 2310. The van der Waals surface area contributed by atoms with Crippen molar-refractivity contribution in [3.05, 3.63) is 71.8 Å². The number of carbonyl (C=O) groups excluding carboxylic acids is 9. The molecule has 1 saturated carbocycles. The van der Waals surface area contributed by atoms with Crippen molar-refractivity contribution >= 4 is 80.6 Å². The second kappa shape index (κ2) is 29.8. The summed E-state index contributed by atoms with van der Waals surface area (Å²) in [4.78, 5) is 128. The number of nitrogens with zero attached hydrogens (tertiary/aromatic N) is 1. The average molecular weight is 1080 g/mol. The van der Waals surface area contributed by atoms with E-state index in [1.807, 2.05) is 36.4 Å². The summed E-state index contributed by atoms with van der Waals surface area (Å²) in [6.45, 7) is 3.21. The number of primary amides is 1. The first kappa shape index (κ1) is 59.7. The van der Waals surface area contributed by atoms with Crippen molar-refractivity contribution in [2.75, 3.05) is 25.4 Å². The minimum absolute atomic E-state index is 0.000717. The summed E-state index contributed by atoms with van der Waals surface area (Å²) in [6.07, 6.45) is 4.75. The van der Waals surface area contributed by atoms with Gasteiger partial charge in [-0.2, -0.15) is 0 Å². The van der Waals surface area contributed by atoms with Gasteiger partial charge in [-0.3, -0.25) is 48.6 Å². The number of nitrogens with two attached hydrogens (primary N) is 2. The van der Waals surface area contributed by atoms with E-state index in [1.54, 1.807) is 38.1 Å². The SMILES string of the molecule is CCC(C)C1NC(=O)C(Cc2ccccc2)NC(=O)C(Cc2ccccc2)NC(=O)CC2(CCCCC2)SSCC(C(=O)N2CCCC2C(=O)NC(CCCC(=N)N)C(=O)NCCO)NC(=O)C(CC(N)=O)NC1=O. The molecular formula is C52H75N11O10S2. The van der Waals surface area contributed by atoms with Crippen LogP contribution in [0.25, 0.3) is 0 Å². The smallest absolute Gasteiger partial charge is 0.246 e. The lowest BCUT2D eigenvalue weighted by atomic mass is 9.85. The van der Waals surface area contributed by atoms with Crippen LogP contribution in [0.2, 0.25) is 0 Å². The van der Waals surface area contributed by atoms with E-state index in [2.05, 4.69) is 37.2 Å². The molecule has 2 aliphatic heterocycles. The molecule has 8 unspecified atom stereocenters. The Morgan fingerprint density at radius 3 is 2.01 bits per heavy atom. The Labute approximate surface area is 446 Å². The van der Waals surface area contributed by atoms with Gasteiger partial charge in [0.05, 0.1) is 18.9 Å². The molecule has 0 bridgehead atoms. The van der Waals surface area contributed by atoms with Gasteiger partial charge >= 0.3 is 0 Å². The maximum atomic E-state index is 14.9. The predicted octanol–water partition coefficient (Wildman–Crippen LogP) is 0.996. The number of likely N-dealkylation sites (tertiary alicyclic amines) is 1. The van der Waals surface area contributed by atoms with Crippen molar-refractivity contribution in [2.24, 2.45) is 17.4 Å². The Hall–Kier alpha value is -6.20. The van der Waals surface area contributed by atoms with E-state index in [-0.39, 0.29) is 76.2 Å². The van der Waals surface area contributed by atoms with E-state index in [0.717, 1.165) is 24.8 Å². The molecule has 3 fully saturated rings. The van der Waals surface area contributed by atoms with Crippen molar-refractivity contribution in [1.29, 1.82) is 5.41 Å². The molecule has 410 valence electrons. The Kier molecular flexibility index (Phi) is 23.7. The average Bonchev–Trinajstić information content (AvgIpc) is 3.88. The fourth-order valence-electron chi connectivity index (χ4n) is 9.55. The van der Waals surface area contributed by atoms with Gasteiger partial charge in [0, 0.05) is 49.3 Å². The molecule has 2 saturated heterocycles. The molecule has 23 heteroatoms. The van der Waals surface area contributed by atoms with Crippen LogP contribution in [0, 0.1) is 11.3 Å². The molecule has 1 spiro atoms. The molecule has 2 aromatic rings. The largest absolute Gasteiger partial charge is 0.395 e. The van der Waals surface area contributed by atoms with Crippen LogP contribution in [-0.2, 0) is 56.0 Å². The number of aliphatic hydroxyl groups is 1. The lowest BCUT2D eigenvalue weighted by Crippen LogP contribution is -2.62. The Morgan fingerprint density at radius 2 is 1.41 bits per heavy atom. The minimum atomic E-state index is -1.63. The zero-order valence-corrected chi connectivity index (χ0v) is 44.5. The van der Waals surface area contributed by atoms with Crippen LogP contribution in [0.15, 0.2) is 60.7 Å². The summed E-state index contributed by atoms with van der Waals surface area (Å²) < 4.78 is -0.674. The third kappa shape index (κ3) is 18.5. The fourth-order valence-corrected chi connectivity index (χ4v) is 12.9. The number of amidine groups is 1. The summed E-state index contributed by atoms with van der Waals surface area (Å²) in [5, 5.41) is 36.3. The van der Waals surface area contributed by atoms with Crippen LogP contribution in [-0.4, -0.2) is 141 Å². The highest BCUT2D eigenvalue weighted by Crippen LogP contribution is 2.48. The lowest BCUT2D eigenvalue weighted by Gasteiger charge is -2.37. The first-order valence-electron chi connectivity index (χ1n) is 25.9. The normalized spacial score (nSPS) is 24.0. The molecule has 0 radical (unpaired) electrons. The number of aliphatic hydroxyl groups excluding tert-OH is 1. The molecule has 2 heterocycles. The summed E-state index contributed by atoms with van der Waals surface area (Å²) in [7, 11) is 2.64. The summed E-state index contributed by atoms with van der Waals surface area (Å²) in [5.41, 5.74) is 12.7. The van der Waals surface area contributed by atoms with Gasteiger partial charge in [0.2, 0.25) is 53.2 Å². The van der Waals surface area contributed by atoms with Crippen LogP contribution in [0.4, 0.5) is 0 Å². The molecule has 3 aliphatic rings. The first-order chi connectivity index (χ1) is 35.9. The number of hydrogen-bond acceptors (Lipinski definition) is 13. The highest BCUT2D eigenvalue weighted by Gasteiger charge is 2.42. The van der Waals surface area contributed by atoms with E-state index < -0.39 is 113 Å². The molecular weight excluding hydrogens is 1000 g/mol. The summed E-state index contributed by atoms with van der Waals surface area (Å²) in [6, 6.07) is 9.30. The second-order valence-electron chi connectivity index (χ2n) is 19.7. The molecule has 21 nitrogen and oxygen atoms in total. The van der Waals surface area contributed by atoms with Gasteiger partial charge in [0.15, 0.2) is 0 Å². The van der Waals surface area contributed by atoms with E-state index in [4.69, 9.17) is 16.9 Å². The van der Waals surface area contributed by atoms with Gasteiger partial charge in [0.1, 0.15) is 42.3 Å². The predicted molar refractivity (Wildman–Crippen MR) is 286 cm³/mol. The van der Waals surface area contributed by atoms with Gasteiger partial charge < -0.3 is 58.7 Å². The van der Waals surface area contributed by atoms with Crippen molar-refractivity contribution in [1.82, 2.24) is 42.1 Å². The highest BCUT2D eigenvalue weighted by atomic mass is 33.1. The molecule has 5 rings (SSSR count). The van der Waals surface area contributed by atoms with E-state index in [9.17, 15) is 48.3 Å². The van der Waals surface area contributed by atoms with Crippen LogP contribution in [0.3, 0.4) is 0 Å². The van der Waals surface area contributed by atoms with Crippen molar-refractivity contribution in [2.45, 2.75) is 157 Å². The van der Waals surface area contributed by atoms with Crippen LogP contribution >= 0.6 is 21.6 Å². The van der Waals surface area contributed by atoms with E-state index >= 15 is 0 Å². The number of hydrogen-bond donors (Lipinski definition) is 11. The number of benzene rings is 2. The molecule has 8 atom stereocenters. The molecule has 0 aromatic heterocycles. The first-order valence-corrected chi connectivity index (χ1v) is 28.2. The zero-order chi connectivity index (χ0) is 54.5. The summed E-state index contributed by atoms with van der Waals surface area (Å²) in [5.74, 6) is -7.08. The topological polar surface area (TPSA) is 337 Å². The maximum absolute atomic E-state index is 14.9. The van der Waals surface area contributed by atoms with Crippen LogP contribution in [0.5, 0.6) is 0 Å². The van der Waals surface area contributed by atoms with Crippen LogP contribution in [0.1, 0.15) is 108 Å². The van der Waals surface area contributed by atoms with Crippen LogP contribution < -0.4 is 48.7 Å². The minimum Gasteiger partial charge on any atom is -0.395 e. The summed E-state index contributed by atoms with van der Waals surface area (Å²) >= 11 is 0. The van der Waals surface area contributed by atoms with Gasteiger partial charge in [-0.05, 0) is 55.6 Å². The molecule has 9 amide bonds. The fraction of sp³-hybridized carbons (Fsp3) is 0.577. The highest BCUT2D eigenvalue weighted by molar-refractivity contribution is 8.77. The zero-order valence-electron chi connectivity index (χ0n) is 42.9. The van der Waals surface area contributed by atoms with Gasteiger partial charge in [-0.15, -0.1) is 0 Å². The molecule has 1 aliphatic carbocycles. The van der Waals surface area contributed by atoms with Crippen molar-refractivity contribution in [3.63, 3.8) is 0 Å². The number of nitrogens with one attached hydrogen (secondary N) is 8. The van der Waals surface area contributed by atoms with Gasteiger partial charge in [0.25, 0.3) is 0 Å². The molecule has 13 N–H and O–H groups in total. The number of carbonyl (C=O) groups is 9. The second-order valence-corrected chi connectivity index (χ2v) is 22.5. The standard InChI is InChI=1S/C52H75N11O10S2/c1-3-32(2)44-50(72)60-38(29-42(55)65)47(69)61-39(51(73)63-25-14-20-40(63)49(71)58-35(19-13-21-41(53)54)45(67)56-24-26-64)31-74-75-52(22-11-6-12-23-52)30-43(66)57-36(27-33-15-7-4-8-16-33)46(68)59-37(48(70)62-44)28-34-17-9-5-10-18-34/h4-5,7-10,15-18,32,35-40,44,64H,3,6,11-14,19-31H2,1-2H3,(H3,53,54)(H2,55,65)(H,56,67)(H,57,66)(H,58,71)(H,59,68)(H,60,72)(H,61,69)(H,62,70). The molecule has 75 heavy (non-hydrogen) atoms. The third-order valence-electron chi connectivity index (χ3n) is 13.8. The Balaban J connectivity index is 1.52. The van der Waals surface area contributed by atoms with Crippen molar-refractivity contribution < 1.29 is 48.3 Å². The van der Waals surface area contributed by atoms with Crippen molar-refractivity contribution in [3.8, 4) is 0 Å². The van der Waals surface area contributed by atoms with Gasteiger partial charge in [-0.1, -0.05) is 122 Å². The maximum Gasteiger partial charge on any atom is 0.246 e. The third-order valence-corrected chi connectivity index (χ3v) is 17.2. The Morgan fingerprint density at radius 1 is 0.813 bits per heavy atom. The lowest BCUT2D eigenvalue weighted by molar-refractivity contribution is -0.142. The monoisotopic (exact) mass is 1080 g/mol. The van der Waals surface area contributed by atoms with Gasteiger partial charge in [-0.25, -0.2) is 0 Å². The molecule has 2 aromatic carbocycles. The number of rotatable bonds is 18.